The Labute approximate surface area is 116 Å². The first-order valence-electron chi connectivity index (χ1n) is 6.17. The molecule has 0 spiro atoms. The van der Waals surface area contributed by atoms with Crippen molar-refractivity contribution < 1.29 is 4.79 Å². The standard InChI is InChI=1S/C11H17ClN6O/c1-18(2)11-16-9(12)15-10(17-11)14-6-5-13-8(19)7-3-4-7/h7H,3-6H2,1-2H3,(H,13,19)(H,14,15,16,17). The summed E-state index contributed by atoms with van der Waals surface area (Å²) in [5.74, 6) is 1.25. The fourth-order valence-corrected chi connectivity index (χ4v) is 1.62. The monoisotopic (exact) mass is 284 g/mol. The number of carbonyl (C=O) groups excluding carboxylic acids is 1. The molecule has 8 heteroatoms. The second-order valence-electron chi connectivity index (χ2n) is 4.61. The van der Waals surface area contributed by atoms with Gasteiger partial charge in [0, 0.05) is 33.1 Å². The predicted molar refractivity (Wildman–Crippen MR) is 73.4 cm³/mol. The normalized spacial score (nSPS) is 14.1. The van der Waals surface area contributed by atoms with E-state index in [2.05, 4.69) is 25.6 Å². The Morgan fingerprint density at radius 1 is 1.32 bits per heavy atom. The molecule has 7 nitrogen and oxygen atoms in total. The van der Waals surface area contributed by atoms with Crippen molar-refractivity contribution in [1.29, 1.82) is 0 Å². The lowest BCUT2D eigenvalue weighted by atomic mass is 10.4. The minimum absolute atomic E-state index is 0.129. The number of hydrogen-bond donors (Lipinski definition) is 2. The lowest BCUT2D eigenvalue weighted by Gasteiger charge is -2.12. The van der Waals surface area contributed by atoms with E-state index in [4.69, 9.17) is 11.6 Å². The maximum atomic E-state index is 11.4. The van der Waals surface area contributed by atoms with E-state index in [1.54, 1.807) is 4.90 Å². The van der Waals surface area contributed by atoms with E-state index in [0.29, 0.717) is 25.0 Å². The second kappa shape index (κ2) is 6.01. The van der Waals surface area contributed by atoms with Gasteiger partial charge in [0.2, 0.25) is 23.1 Å². The average Bonchev–Trinajstić information content (AvgIpc) is 3.17. The SMILES string of the molecule is CN(C)c1nc(Cl)nc(NCCNC(=O)C2CC2)n1. The van der Waals surface area contributed by atoms with E-state index in [0.717, 1.165) is 12.8 Å². The zero-order valence-electron chi connectivity index (χ0n) is 11.0. The molecule has 19 heavy (non-hydrogen) atoms. The van der Waals surface area contributed by atoms with Gasteiger partial charge in [-0.25, -0.2) is 0 Å². The van der Waals surface area contributed by atoms with E-state index >= 15 is 0 Å². The fraction of sp³-hybridized carbons (Fsp3) is 0.636. The van der Waals surface area contributed by atoms with Crippen LogP contribution in [0.2, 0.25) is 5.28 Å². The first kappa shape index (κ1) is 13.8. The highest BCUT2D eigenvalue weighted by Crippen LogP contribution is 2.28. The largest absolute Gasteiger partial charge is 0.354 e. The second-order valence-corrected chi connectivity index (χ2v) is 4.95. The molecule has 2 N–H and O–H groups in total. The van der Waals surface area contributed by atoms with Gasteiger partial charge < -0.3 is 15.5 Å². The zero-order chi connectivity index (χ0) is 13.8. The first-order chi connectivity index (χ1) is 9.06. The Morgan fingerprint density at radius 2 is 2.05 bits per heavy atom. The van der Waals surface area contributed by atoms with Crippen LogP contribution < -0.4 is 15.5 Å². The summed E-state index contributed by atoms with van der Waals surface area (Å²) >= 11 is 5.81. The van der Waals surface area contributed by atoms with Gasteiger partial charge in [-0.15, -0.1) is 0 Å². The topological polar surface area (TPSA) is 83.0 Å². The summed E-state index contributed by atoms with van der Waals surface area (Å²) < 4.78 is 0. The van der Waals surface area contributed by atoms with Gasteiger partial charge in [-0.1, -0.05) is 0 Å². The molecule has 1 heterocycles. The summed E-state index contributed by atoms with van der Waals surface area (Å²) in [6, 6.07) is 0. The van der Waals surface area contributed by atoms with E-state index in [1.807, 2.05) is 14.1 Å². The average molecular weight is 285 g/mol. The molecule has 1 amide bonds. The zero-order valence-corrected chi connectivity index (χ0v) is 11.7. The van der Waals surface area contributed by atoms with Crippen molar-refractivity contribution in [2.45, 2.75) is 12.8 Å². The highest BCUT2D eigenvalue weighted by atomic mass is 35.5. The van der Waals surface area contributed by atoms with Crippen molar-refractivity contribution in [3.63, 3.8) is 0 Å². The lowest BCUT2D eigenvalue weighted by Crippen LogP contribution is -2.30. The molecule has 1 fully saturated rings. The van der Waals surface area contributed by atoms with Crippen LogP contribution in [0.25, 0.3) is 0 Å². The summed E-state index contributed by atoms with van der Waals surface area (Å²) in [6.07, 6.45) is 2.02. The number of halogens is 1. The molecule has 0 saturated heterocycles. The van der Waals surface area contributed by atoms with Crippen molar-refractivity contribution in [3.8, 4) is 0 Å². The van der Waals surface area contributed by atoms with Crippen LogP contribution in [0.15, 0.2) is 0 Å². The number of carbonyl (C=O) groups is 1. The van der Waals surface area contributed by atoms with Gasteiger partial charge in [-0.2, -0.15) is 15.0 Å². The molecule has 2 rings (SSSR count). The van der Waals surface area contributed by atoms with Crippen molar-refractivity contribution in [1.82, 2.24) is 20.3 Å². The molecule has 1 aromatic rings. The third-order valence-electron chi connectivity index (χ3n) is 2.65. The van der Waals surface area contributed by atoms with Crippen LogP contribution in [0.5, 0.6) is 0 Å². The molecular formula is C11H17ClN6O. The highest BCUT2D eigenvalue weighted by Gasteiger charge is 2.28. The van der Waals surface area contributed by atoms with Crippen molar-refractivity contribution in [2.75, 3.05) is 37.4 Å². The maximum Gasteiger partial charge on any atom is 0.230 e. The molecule has 0 aromatic carbocycles. The minimum Gasteiger partial charge on any atom is -0.354 e. The molecule has 0 aliphatic heterocycles. The molecule has 0 radical (unpaired) electrons. The molecule has 104 valence electrons. The summed E-state index contributed by atoms with van der Waals surface area (Å²) in [4.78, 5) is 25.3. The first-order valence-corrected chi connectivity index (χ1v) is 6.54. The van der Waals surface area contributed by atoms with E-state index in [9.17, 15) is 4.79 Å². The number of anilines is 2. The van der Waals surface area contributed by atoms with Crippen LogP contribution in [0, 0.1) is 5.92 Å². The molecule has 0 bridgehead atoms. The van der Waals surface area contributed by atoms with Gasteiger partial charge in [0.15, 0.2) is 0 Å². The lowest BCUT2D eigenvalue weighted by molar-refractivity contribution is -0.122. The van der Waals surface area contributed by atoms with Gasteiger partial charge in [0.25, 0.3) is 0 Å². The Kier molecular flexibility index (Phi) is 4.36. The summed E-state index contributed by atoms with van der Waals surface area (Å²) in [5, 5.41) is 6.00. The summed E-state index contributed by atoms with van der Waals surface area (Å²) in [5.41, 5.74) is 0. The smallest absolute Gasteiger partial charge is 0.230 e. The third kappa shape index (κ3) is 4.20. The molecule has 0 atom stereocenters. The molecule has 1 aliphatic rings. The minimum atomic E-state index is 0.129. The number of hydrogen-bond acceptors (Lipinski definition) is 6. The number of aromatic nitrogens is 3. The van der Waals surface area contributed by atoms with Crippen LogP contribution in [0.3, 0.4) is 0 Å². The van der Waals surface area contributed by atoms with Crippen molar-refractivity contribution in [2.24, 2.45) is 5.92 Å². The van der Waals surface area contributed by atoms with Crippen molar-refractivity contribution >= 4 is 29.4 Å². The van der Waals surface area contributed by atoms with Crippen LogP contribution >= 0.6 is 11.6 Å². The molecule has 1 aliphatic carbocycles. The van der Waals surface area contributed by atoms with E-state index in [-0.39, 0.29) is 17.1 Å². The quantitative estimate of drug-likeness (QED) is 0.742. The molecular weight excluding hydrogens is 268 g/mol. The molecule has 1 aromatic heterocycles. The van der Waals surface area contributed by atoms with Gasteiger partial charge in [-0.05, 0) is 24.4 Å². The van der Waals surface area contributed by atoms with E-state index in [1.165, 1.54) is 0 Å². The Hall–Kier alpha value is -1.63. The van der Waals surface area contributed by atoms with Crippen LogP contribution in [0.4, 0.5) is 11.9 Å². The van der Waals surface area contributed by atoms with Gasteiger partial charge >= 0.3 is 0 Å². The predicted octanol–water partition coefficient (Wildman–Crippen LogP) is 0.529. The van der Waals surface area contributed by atoms with Crippen LogP contribution in [0.1, 0.15) is 12.8 Å². The number of rotatable bonds is 6. The van der Waals surface area contributed by atoms with Gasteiger partial charge in [-0.3, -0.25) is 4.79 Å². The van der Waals surface area contributed by atoms with Gasteiger partial charge in [0.1, 0.15) is 0 Å². The van der Waals surface area contributed by atoms with Crippen molar-refractivity contribution in [3.05, 3.63) is 5.28 Å². The molecule has 0 unspecified atom stereocenters. The van der Waals surface area contributed by atoms with Crippen LogP contribution in [-0.2, 0) is 4.79 Å². The van der Waals surface area contributed by atoms with E-state index < -0.39 is 0 Å². The fourth-order valence-electron chi connectivity index (χ4n) is 1.47. The highest BCUT2D eigenvalue weighted by molar-refractivity contribution is 6.28. The van der Waals surface area contributed by atoms with Gasteiger partial charge in [0.05, 0.1) is 0 Å². The summed E-state index contributed by atoms with van der Waals surface area (Å²) in [7, 11) is 3.65. The Morgan fingerprint density at radius 3 is 2.68 bits per heavy atom. The number of nitrogens with zero attached hydrogens (tertiary/aromatic N) is 4. The third-order valence-corrected chi connectivity index (χ3v) is 2.82. The Balaban J connectivity index is 1.80. The number of nitrogens with one attached hydrogen (secondary N) is 2. The maximum absolute atomic E-state index is 11.4. The number of amides is 1. The van der Waals surface area contributed by atoms with Crippen LogP contribution in [-0.4, -0.2) is 48.0 Å². The Bertz CT molecular complexity index is 462. The summed E-state index contributed by atoms with van der Waals surface area (Å²) in [6.45, 7) is 1.08. The molecule has 1 saturated carbocycles.